The Kier molecular flexibility index (Phi) is 57.8. The average molecular weight is 737 g/mol. The molecular weight excluding hydrogens is 649 g/mol. The topological polar surface area (TPSA) is 88.1 Å². The highest BCUT2D eigenvalue weighted by Gasteiger charge is 2.06. The summed E-state index contributed by atoms with van der Waals surface area (Å²) in [6.45, 7) is 4.49. The van der Waals surface area contributed by atoms with Crippen molar-refractivity contribution in [1.82, 2.24) is 10.5 Å². The van der Waals surface area contributed by atoms with Gasteiger partial charge in [-0.1, -0.05) is 160 Å². The molecule has 0 aliphatic carbocycles. The second-order valence-corrected chi connectivity index (χ2v) is 13.3. The fourth-order valence-electron chi connectivity index (χ4n) is 5.14. The van der Waals surface area contributed by atoms with Gasteiger partial charge in [0.1, 0.15) is 0 Å². The van der Waals surface area contributed by atoms with Crippen molar-refractivity contribution in [2.75, 3.05) is 28.3 Å². The minimum absolute atomic E-state index is 0. The Balaban J connectivity index is -0.000000396. The number of carboxylic acids is 1. The lowest BCUT2D eigenvalue weighted by Gasteiger charge is -2.12. The van der Waals surface area contributed by atoms with Crippen LogP contribution in [0.5, 0.6) is 0 Å². The van der Waals surface area contributed by atoms with E-state index in [1.54, 1.807) is 21.2 Å². The quantitative estimate of drug-likeness (QED) is 0.0388. The number of hydrogen-bond acceptors (Lipinski definition) is 5. The summed E-state index contributed by atoms with van der Waals surface area (Å²) in [5.74, 6) is -0.590. The van der Waals surface area contributed by atoms with Gasteiger partial charge < -0.3 is 9.94 Å². The normalized spacial score (nSPS) is 11.1. The zero-order chi connectivity index (χ0) is 38.3. The second-order valence-electron chi connectivity index (χ2n) is 13.3. The van der Waals surface area contributed by atoms with Gasteiger partial charge >= 0.3 is 5.97 Å². The molecule has 7 nitrogen and oxygen atoms in total. The molecule has 0 heterocycles. The van der Waals surface area contributed by atoms with E-state index in [4.69, 9.17) is 9.94 Å². The van der Waals surface area contributed by atoms with E-state index in [1.807, 2.05) is 0 Å². The standard InChI is InChI=1S/C22H41NO2.C20H36O2.C2H7NO.CH4/c1-4-5-6-7-8-9-10-11-12-13-14-15-16-17-18-19-20-21-22(24)23(2)25-3;1-2-3-4-5-6-7-8-9-10-11-12-13-14-15-16-17-18-19-20(21)22;1-3-4-2;/h8-9,11-12H,4-7,10,13-21H2,1-3H3;6-7,9-10H,2-5,8,11-19H2,1H3,(H,21,22);3H,1-2H3;1H4/b9-8-,12-11-;7-6-,10-9-;;. The Morgan fingerprint density at radius 3 is 1.15 bits per heavy atom. The zero-order valence-electron chi connectivity index (χ0n) is 34.4. The molecular formula is C45H88N2O5. The molecule has 0 atom stereocenters. The third kappa shape index (κ3) is 57.1. The molecule has 0 aliphatic rings. The summed E-state index contributed by atoms with van der Waals surface area (Å²) in [5.41, 5.74) is 2.43. The minimum Gasteiger partial charge on any atom is -0.481 e. The number of nitrogens with one attached hydrogen (secondary N) is 1. The fourth-order valence-corrected chi connectivity index (χ4v) is 5.14. The Morgan fingerprint density at radius 1 is 0.538 bits per heavy atom. The van der Waals surface area contributed by atoms with Crippen LogP contribution in [0.15, 0.2) is 48.6 Å². The number of nitrogens with zero attached hydrogens (tertiary/aromatic N) is 1. The van der Waals surface area contributed by atoms with Crippen molar-refractivity contribution in [3.8, 4) is 0 Å². The van der Waals surface area contributed by atoms with Crippen LogP contribution in [0.3, 0.4) is 0 Å². The van der Waals surface area contributed by atoms with Crippen LogP contribution in [-0.4, -0.2) is 50.4 Å². The summed E-state index contributed by atoms with van der Waals surface area (Å²) >= 11 is 0. The number of hydrogen-bond donors (Lipinski definition) is 2. The molecule has 0 aromatic carbocycles. The number of aliphatic carboxylic acids is 1. The van der Waals surface area contributed by atoms with E-state index in [2.05, 4.69) is 72.8 Å². The van der Waals surface area contributed by atoms with Gasteiger partial charge in [-0.3, -0.25) is 14.4 Å². The maximum Gasteiger partial charge on any atom is 0.303 e. The molecule has 0 bridgehead atoms. The predicted octanol–water partition coefficient (Wildman–Crippen LogP) is 13.7. The van der Waals surface area contributed by atoms with Crippen molar-refractivity contribution in [1.29, 1.82) is 0 Å². The molecule has 0 aromatic rings. The van der Waals surface area contributed by atoms with Crippen LogP contribution in [0.2, 0.25) is 0 Å². The first-order valence-corrected chi connectivity index (χ1v) is 20.7. The van der Waals surface area contributed by atoms with E-state index >= 15 is 0 Å². The highest BCUT2D eigenvalue weighted by Crippen LogP contribution is 2.12. The maximum absolute atomic E-state index is 11.5. The molecule has 7 heteroatoms. The van der Waals surface area contributed by atoms with E-state index in [0.717, 1.165) is 38.5 Å². The molecule has 1 amide bonds. The van der Waals surface area contributed by atoms with Gasteiger partial charge in [0.15, 0.2) is 0 Å². The van der Waals surface area contributed by atoms with E-state index in [-0.39, 0.29) is 13.3 Å². The van der Waals surface area contributed by atoms with Crippen molar-refractivity contribution >= 4 is 11.9 Å². The molecule has 2 N–H and O–H groups in total. The van der Waals surface area contributed by atoms with Crippen LogP contribution in [0, 0.1) is 0 Å². The monoisotopic (exact) mass is 737 g/mol. The van der Waals surface area contributed by atoms with Crippen molar-refractivity contribution in [2.24, 2.45) is 0 Å². The average Bonchev–Trinajstić information content (AvgIpc) is 3.13. The van der Waals surface area contributed by atoms with E-state index in [9.17, 15) is 9.59 Å². The first kappa shape index (κ1) is 56.5. The van der Waals surface area contributed by atoms with E-state index in [1.165, 1.54) is 141 Å². The number of carboxylic acid groups (broad SMARTS) is 1. The van der Waals surface area contributed by atoms with Crippen molar-refractivity contribution in [3.63, 3.8) is 0 Å². The number of amides is 1. The molecule has 0 unspecified atom stereocenters. The van der Waals surface area contributed by atoms with Gasteiger partial charge in [-0.05, 0) is 77.0 Å². The van der Waals surface area contributed by atoms with Crippen molar-refractivity contribution in [3.05, 3.63) is 48.6 Å². The number of hydroxylamine groups is 3. The second kappa shape index (κ2) is 53.1. The molecule has 0 radical (unpaired) electrons. The van der Waals surface area contributed by atoms with Gasteiger partial charge in [0.05, 0.1) is 14.2 Å². The van der Waals surface area contributed by atoms with Gasteiger partial charge in [-0.25, -0.2) is 10.5 Å². The summed E-state index contributed by atoms with van der Waals surface area (Å²) < 4.78 is 0. The Bertz CT molecular complexity index is 808. The highest BCUT2D eigenvalue weighted by atomic mass is 16.7. The number of carbonyl (C=O) groups is 2. The van der Waals surface area contributed by atoms with Crippen LogP contribution in [0.1, 0.15) is 201 Å². The lowest BCUT2D eigenvalue weighted by Crippen LogP contribution is -2.24. The fraction of sp³-hybridized carbons (Fsp3) is 0.778. The van der Waals surface area contributed by atoms with E-state index in [0.29, 0.717) is 12.8 Å². The summed E-state index contributed by atoms with van der Waals surface area (Å²) in [7, 11) is 6.47. The summed E-state index contributed by atoms with van der Waals surface area (Å²) in [6.07, 6.45) is 51.2. The van der Waals surface area contributed by atoms with Crippen LogP contribution in [0.4, 0.5) is 0 Å². The summed E-state index contributed by atoms with van der Waals surface area (Å²) in [5, 5.41) is 9.84. The first-order chi connectivity index (χ1) is 24.9. The zero-order valence-corrected chi connectivity index (χ0v) is 34.4. The van der Waals surface area contributed by atoms with E-state index < -0.39 is 5.97 Å². The molecule has 0 aromatic heterocycles. The van der Waals surface area contributed by atoms with Crippen LogP contribution in [-0.2, 0) is 19.3 Å². The largest absolute Gasteiger partial charge is 0.481 e. The lowest BCUT2D eigenvalue weighted by molar-refractivity contribution is -0.168. The smallest absolute Gasteiger partial charge is 0.303 e. The molecule has 0 saturated carbocycles. The lowest BCUT2D eigenvalue weighted by atomic mass is 10.1. The third-order valence-electron chi connectivity index (χ3n) is 8.51. The first-order valence-electron chi connectivity index (χ1n) is 20.7. The van der Waals surface area contributed by atoms with Crippen molar-refractivity contribution in [2.45, 2.75) is 201 Å². The Hall–Kier alpha value is -2.22. The minimum atomic E-state index is -0.664. The van der Waals surface area contributed by atoms with Crippen LogP contribution in [0.25, 0.3) is 0 Å². The number of unbranched alkanes of at least 4 members (excludes halogenated alkanes) is 20. The van der Waals surface area contributed by atoms with Gasteiger partial charge in [-0.2, -0.15) is 0 Å². The molecule has 0 fully saturated rings. The molecule has 52 heavy (non-hydrogen) atoms. The van der Waals surface area contributed by atoms with Gasteiger partial charge in [0.2, 0.25) is 5.91 Å². The van der Waals surface area contributed by atoms with Gasteiger partial charge in [0.25, 0.3) is 0 Å². The third-order valence-corrected chi connectivity index (χ3v) is 8.51. The Labute approximate surface area is 324 Å². The SMILES string of the molecule is C.CCCCC/C=C\C/C=C\CCCCCCCCCC(=O)N(C)OC.CCCCC/C=C\C/C=C\CCCCCCCCCC(=O)O.CNOC. The predicted molar refractivity (Wildman–Crippen MR) is 227 cm³/mol. The van der Waals surface area contributed by atoms with Gasteiger partial charge in [-0.15, -0.1) is 0 Å². The number of allylic oxidation sites excluding steroid dienone is 8. The molecule has 0 rings (SSSR count). The molecule has 0 spiro atoms. The maximum atomic E-state index is 11.5. The van der Waals surface area contributed by atoms with Crippen LogP contribution >= 0.6 is 0 Å². The van der Waals surface area contributed by atoms with Gasteiger partial charge in [0, 0.05) is 26.9 Å². The van der Waals surface area contributed by atoms with Crippen LogP contribution < -0.4 is 5.48 Å². The molecule has 0 saturated heterocycles. The molecule has 0 aliphatic heterocycles. The number of rotatable bonds is 34. The molecule has 308 valence electrons. The summed E-state index contributed by atoms with van der Waals surface area (Å²) in [6, 6.07) is 0. The Morgan fingerprint density at radius 2 is 0.846 bits per heavy atom. The number of carbonyl (C=O) groups excluding carboxylic acids is 1. The van der Waals surface area contributed by atoms with Crippen molar-refractivity contribution < 1.29 is 24.4 Å². The summed E-state index contributed by atoms with van der Waals surface area (Å²) in [4.78, 5) is 31.0. The highest BCUT2D eigenvalue weighted by molar-refractivity contribution is 5.74.